The Morgan fingerprint density at radius 2 is 1.71 bits per heavy atom. The number of nitrogens with zero attached hydrogens (tertiary/aromatic N) is 1. The number of esters is 1. The first-order valence-corrected chi connectivity index (χ1v) is 6.80. The second-order valence-electron chi connectivity index (χ2n) is 5.14. The minimum absolute atomic E-state index is 0.0548. The van der Waals surface area contributed by atoms with Crippen LogP contribution in [0.4, 0.5) is 0 Å². The smallest absolute Gasteiger partial charge is 0.314 e. The molecule has 0 aliphatic rings. The van der Waals surface area contributed by atoms with Crippen molar-refractivity contribution in [2.45, 2.75) is 19.8 Å². The number of aromatic nitrogens is 1. The van der Waals surface area contributed by atoms with E-state index < -0.39 is 5.92 Å². The molecular weight excluding hydrogens is 266 g/mol. The van der Waals surface area contributed by atoms with Crippen LogP contribution in [0.1, 0.15) is 40.2 Å². The topological polar surface area (TPSA) is 48.3 Å². The number of methoxy groups -OCH3 is 1. The summed E-state index contributed by atoms with van der Waals surface area (Å²) in [6, 6.07) is 11.0. The minimum Gasteiger partial charge on any atom is -0.469 e. The first-order chi connectivity index (χ1) is 9.95. The quantitative estimate of drug-likeness (QED) is 0.641. The van der Waals surface area contributed by atoms with E-state index in [2.05, 4.69) is 0 Å². The third-order valence-corrected chi connectivity index (χ3v) is 3.71. The number of aryl methyl sites for hydroxylation is 1. The van der Waals surface area contributed by atoms with Crippen LogP contribution in [0.5, 0.6) is 0 Å². The SMILES string of the molecule is COC(=O)C(C)c1ccc(C(=O)c2ccc(C)cc2)n1C. The van der Waals surface area contributed by atoms with Crippen molar-refractivity contribution in [2.24, 2.45) is 7.05 Å². The fraction of sp³-hybridized carbons (Fsp3) is 0.294. The van der Waals surface area contributed by atoms with Crippen molar-refractivity contribution in [3.8, 4) is 0 Å². The zero-order chi connectivity index (χ0) is 15.6. The second-order valence-corrected chi connectivity index (χ2v) is 5.14. The number of benzene rings is 1. The number of ether oxygens (including phenoxy) is 1. The van der Waals surface area contributed by atoms with E-state index in [1.807, 2.05) is 31.2 Å². The Hall–Kier alpha value is -2.36. The monoisotopic (exact) mass is 285 g/mol. The third kappa shape index (κ3) is 2.89. The maximum atomic E-state index is 12.5. The molecule has 0 aliphatic carbocycles. The Bertz CT molecular complexity index is 668. The second kappa shape index (κ2) is 5.95. The molecule has 0 saturated carbocycles. The van der Waals surface area contributed by atoms with E-state index in [1.165, 1.54) is 7.11 Å². The molecule has 0 radical (unpaired) electrons. The minimum atomic E-state index is -0.403. The summed E-state index contributed by atoms with van der Waals surface area (Å²) < 4.78 is 6.51. The molecule has 4 heteroatoms. The average Bonchev–Trinajstić information content (AvgIpc) is 2.87. The van der Waals surface area contributed by atoms with Gasteiger partial charge in [0, 0.05) is 18.3 Å². The van der Waals surface area contributed by atoms with Gasteiger partial charge in [-0.05, 0) is 26.0 Å². The van der Waals surface area contributed by atoms with E-state index in [9.17, 15) is 9.59 Å². The van der Waals surface area contributed by atoms with Crippen molar-refractivity contribution in [2.75, 3.05) is 7.11 Å². The highest BCUT2D eigenvalue weighted by Crippen LogP contribution is 2.21. The van der Waals surface area contributed by atoms with Gasteiger partial charge in [0.1, 0.15) is 0 Å². The number of rotatable bonds is 4. The van der Waals surface area contributed by atoms with Gasteiger partial charge in [-0.15, -0.1) is 0 Å². The van der Waals surface area contributed by atoms with Crippen LogP contribution in [0.3, 0.4) is 0 Å². The molecule has 0 bridgehead atoms. The summed E-state index contributed by atoms with van der Waals surface area (Å²) in [6.07, 6.45) is 0. The molecule has 110 valence electrons. The van der Waals surface area contributed by atoms with Crippen molar-refractivity contribution < 1.29 is 14.3 Å². The molecule has 0 fully saturated rings. The maximum Gasteiger partial charge on any atom is 0.314 e. The van der Waals surface area contributed by atoms with Crippen molar-refractivity contribution in [1.82, 2.24) is 4.57 Å². The number of carbonyl (C=O) groups excluding carboxylic acids is 2. The van der Waals surface area contributed by atoms with Gasteiger partial charge in [-0.1, -0.05) is 29.8 Å². The van der Waals surface area contributed by atoms with Gasteiger partial charge in [-0.3, -0.25) is 9.59 Å². The molecule has 1 aromatic carbocycles. The summed E-state index contributed by atoms with van der Waals surface area (Å²) in [5.41, 5.74) is 3.07. The summed E-state index contributed by atoms with van der Waals surface area (Å²) >= 11 is 0. The van der Waals surface area contributed by atoms with Gasteiger partial charge in [0.15, 0.2) is 0 Å². The molecule has 1 unspecified atom stereocenters. The number of hydrogen-bond donors (Lipinski definition) is 0. The zero-order valence-corrected chi connectivity index (χ0v) is 12.7. The fourth-order valence-electron chi connectivity index (χ4n) is 2.34. The molecule has 0 N–H and O–H groups in total. The van der Waals surface area contributed by atoms with Gasteiger partial charge in [0.2, 0.25) is 5.78 Å². The molecule has 4 nitrogen and oxygen atoms in total. The highest BCUT2D eigenvalue weighted by molar-refractivity contribution is 6.08. The Kier molecular flexibility index (Phi) is 4.26. The summed E-state index contributed by atoms with van der Waals surface area (Å²) in [7, 11) is 3.15. The summed E-state index contributed by atoms with van der Waals surface area (Å²) in [5, 5.41) is 0. The van der Waals surface area contributed by atoms with E-state index in [0.29, 0.717) is 11.3 Å². The molecule has 2 aromatic rings. The molecule has 1 aromatic heterocycles. The molecule has 0 saturated heterocycles. The van der Waals surface area contributed by atoms with Crippen LogP contribution in [-0.4, -0.2) is 23.4 Å². The maximum absolute atomic E-state index is 12.5. The molecule has 0 aliphatic heterocycles. The fourth-order valence-corrected chi connectivity index (χ4v) is 2.34. The van der Waals surface area contributed by atoms with Gasteiger partial charge in [-0.25, -0.2) is 0 Å². The van der Waals surface area contributed by atoms with E-state index in [1.54, 1.807) is 30.7 Å². The standard InChI is InChI=1S/C17H19NO3/c1-11-5-7-13(8-6-11)16(19)15-10-9-14(18(15)3)12(2)17(20)21-4/h5-10,12H,1-4H3. The largest absolute Gasteiger partial charge is 0.469 e. The van der Waals surface area contributed by atoms with Gasteiger partial charge >= 0.3 is 5.97 Å². The van der Waals surface area contributed by atoms with Crippen molar-refractivity contribution in [3.63, 3.8) is 0 Å². The highest BCUT2D eigenvalue weighted by Gasteiger charge is 2.22. The normalized spacial score (nSPS) is 12.0. The lowest BCUT2D eigenvalue weighted by atomic mass is 10.1. The van der Waals surface area contributed by atoms with E-state index >= 15 is 0 Å². The van der Waals surface area contributed by atoms with Crippen LogP contribution in [-0.2, 0) is 16.6 Å². The van der Waals surface area contributed by atoms with Crippen LogP contribution in [0, 0.1) is 6.92 Å². The van der Waals surface area contributed by atoms with Gasteiger partial charge in [0.05, 0.1) is 18.7 Å². The van der Waals surface area contributed by atoms with Crippen LogP contribution in [0.25, 0.3) is 0 Å². The zero-order valence-electron chi connectivity index (χ0n) is 12.7. The number of carbonyl (C=O) groups is 2. The molecule has 21 heavy (non-hydrogen) atoms. The predicted octanol–water partition coefficient (Wildman–Crippen LogP) is 2.84. The lowest BCUT2D eigenvalue weighted by molar-refractivity contribution is -0.142. The summed E-state index contributed by atoms with van der Waals surface area (Å²) in [6.45, 7) is 3.74. The first kappa shape index (κ1) is 15.0. The van der Waals surface area contributed by atoms with Crippen molar-refractivity contribution in [3.05, 3.63) is 58.9 Å². The Morgan fingerprint density at radius 3 is 2.29 bits per heavy atom. The lowest BCUT2D eigenvalue weighted by Crippen LogP contribution is -2.16. The van der Waals surface area contributed by atoms with E-state index in [4.69, 9.17) is 4.74 Å². The molecule has 0 spiro atoms. The first-order valence-electron chi connectivity index (χ1n) is 6.80. The Balaban J connectivity index is 2.34. The lowest BCUT2D eigenvalue weighted by Gasteiger charge is -2.12. The molecule has 1 heterocycles. The van der Waals surface area contributed by atoms with Crippen molar-refractivity contribution in [1.29, 1.82) is 0 Å². The molecule has 2 rings (SSSR count). The van der Waals surface area contributed by atoms with E-state index in [-0.39, 0.29) is 11.8 Å². The molecular formula is C17H19NO3. The summed E-state index contributed by atoms with van der Waals surface area (Å²) in [5.74, 6) is -0.772. The average molecular weight is 285 g/mol. The predicted molar refractivity (Wildman–Crippen MR) is 80.5 cm³/mol. The van der Waals surface area contributed by atoms with Crippen molar-refractivity contribution >= 4 is 11.8 Å². The van der Waals surface area contributed by atoms with Gasteiger partial charge < -0.3 is 9.30 Å². The van der Waals surface area contributed by atoms with Gasteiger partial charge in [0.25, 0.3) is 0 Å². The Morgan fingerprint density at radius 1 is 1.10 bits per heavy atom. The van der Waals surface area contributed by atoms with Gasteiger partial charge in [-0.2, -0.15) is 0 Å². The highest BCUT2D eigenvalue weighted by atomic mass is 16.5. The number of hydrogen-bond acceptors (Lipinski definition) is 3. The van der Waals surface area contributed by atoms with Crippen LogP contribution in [0.2, 0.25) is 0 Å². The number of ketones is 1. The van der Waals surface area contributed by atoms with E-state index in [0.717, 1.165) is 11.3 Å². The Labute approximate surface area is 124 Å². The van der Waals surface area contributed by atoms with Crippen LogP contribution < -0.4 is 0 Å². The van der Waals surface area contributed by atoms with Crippen LogP contribution >= 0.6 is 0 Å². The van der Waals surface area contributed by atoms with Crippen LogP contribution in [0.15, 0.2) is 36.4 Å². The summed E-state index contributed by atoms with van der Waals surface area (Å²) in [4.78, 5) is 24.1. The molecule has 0 amide bonds. The molecule has 1 atom stereocenters. The third-order valence-electron chi connectivity index (χ3n) is 3.71.